The average molecular weight is 180 g/mol. The Hall–Kier alpha value is -0.300. The van der Waals surface area contributed by atoms with E-state index in [-0.39, 0.29) is 11.5 Å². The highest BCUT2D eigenvalue weighted by molar-refractivity contribution is 5.24. The lowest BCUT2D eigenvalue weighted by Gasteiger charge is -2.54. The molecule has 0 aromatic carbocycles. The van der Waals surface area contributed by atoms with Crippen LogP contribution in [0.4, 0.5) is 0 Å². The van der Waals surface area contributed by atoms with Crippen LogP contribution >= 0.6 is 0 Å². The highest BCUT2D eigenvalue weighted by atomic mass is 16.3. The van der Waals surface area contributed by atoms with Crippen LogP contribution in [0.25, 0.3) is 0 Å². The molecule has 1 N–H and O–H groups in total. The molecule has 3 rings (SSSR count). The molecule has 1 fully saturated rings. The second-order valence-electron chi connectivity index (χ2n) is 5.86. The molecule has 1 saturated carbocycles. The zero-order valence-corrected chi connectivity index (χ0v) is 9.09. The number of fused-ring (bicyclic) bond motifs is 2. The molecule has 2 bridgehead atoms. The van der Waals surface area contributed by atoms with Gasteiger partial charge in [-0.3, -0.25) is 0 Å². The van der Waals surface area contributed by atoms with E-state index in [4.69, 9.17) is 0 Å². The first kappa shape index (κ1) is 9.26. The Morgan fingerprint density at radius 3 is 2.46 bits per heavy atom. The van der Waals surface area contributed by atoms with Crippen molar-refractivity contribution < 1.29 is 5.11 Å². The van der Waals surface area contributed by atoms with E-state index in [0.717, 1.165) is 12.8 Å². The molecule has 0 amide bonds. The average Bonchev–Trinajstić information content (AvgIpc) is 1.92. The van der Waals surface area contributed by atoms with Gasteiger partial charge in [0.05, 0.1) is 6.10 Å². The molecule has 13 heavy (non-hydrogen) atoms. The fourth-order valence-corrected chi connectivity index (χ4v) is 3.60. The second kappa shape index (κ2) is 2.38. The molecule has 0 aromatic heterocycles. The smallest absolute Gasteiger partial charge is 0.0634 e. The minimum atomic E-state index is -0.116. The number of allylic oxidation sites excluding steroid dienone is 1. The lowest BCUT2D eigenvalue weighted by Crippen LogP contribution is -2.50. The second-order valence-corrected chi connectivity index (χ2v) is 5.86. The largest absolute Gasteiger partial charge is 0.392 e. The SMILES string of the molecule is CC1=C[C@]2(C)CC(C)(C)[C@H]1C[C@H]2O. The molecular formula is C12H20O. The Morgan fingerprint density at radius 1 is 1.38 bits per heavy atom. The Bertz CT molecular complexity index is 264. The molecular weight excluding hydrogens is 160 g/mol. The summed E-state index contributed by atoms with van der Waals surface area (Å²) in [6.07, 6.45) is 4.28. The highest BCUT2D eigenvalue weighted by Gasteiger charge is 2.51. The van der Waals surface area contributed by atoms with Gasteiger partial charge in [0.25, 0.3) is 0 Å². The molecule has 0 aliphatic heterocycles. The fourth-order valence-electron chi connectivity index (χ4n) is 3.60. The van der Waals surface area contributed by atoms with Crippen LogP contribution in [0.5, 0.6) is 0 Å². The Morgan fingerprint density at radius 2 is 2.00 bits per heavy atom. The van der Waals surface area contributed by atoms with Gasteiger partial charge < -0.3 is 5.11 Å². The lowest BCUT2D eigenvalue weighted by atomic mass is 9.52. The number of rotatable bonds is 0. The monoisotopic (exact) mass is 180 g/mol. The third-order valence-corrected chi connectivity index (χ3v) is 4.11. The minimum Gasteiger partial charge on any atom is -0.392 e. The summed E-state index contributed by atoms with van der Waals surface area (Å²) in [7, 11) is 0. The minimum absolute atomic E-state index is 0.0440. The fraction of sp³-hybridized carbons (Fsp3) is 0.833. The molecule has 0 spiro atoms. The van der Waals surface area contributed by atoms with E-state index in [1.807, 2.05) is 0 Å². The standard InChI is InChI=1S/C12H20O/c1-8-6-12(4)7-11(2,3)9(8)5-10(12)13/h6,9-10,13H,5,7H2,1-4H3/t9-,10+,12+/m0/s1. The summed E-state index contributed by atoms with van der Waals surface area (Å²) in [6, 6.07) is 0. The molecule has 0 radical (unpaired) electrons. The van der Waals surface area contributed by atoms with E-state index < -0.39 is 0 Å². The van der Waals surface area contributed by atoms with Crippen LogP contribution in [-0.4, -0.2) is 11.2 Å². The molecule has 3 aliphatic rings. The zero-order chi connectivity index (χ0) is 9.85. The van der Waals surface area contributed by atoms with Crippen molar-refractivity contribution in [1.29, 1.82) is 0 Å². The van der Waals surface area contributed by atoms with Crippen LogP contribution in [-0.2, 0) is 0 Å². The topological polar surface area (TPSA) is 20.2 Å². The summed E-state index contributed by atoms with van der Waals surface area (Å²) in [6.45, 7) is 9.07. The number of hydrogen-bond donors (Lipinski definition) is 1. The van der Waals surface area contributed by atoms with E-state index in [1.165, 1.54) is 5.57 Å². The van der Waals surface area contributed by atoms with E-state index in [9.17, 15) is 5.11 Å². The molecule has 0 unspecified atom stereocenters. The predicted octanol–water partition coefficient (Wildman–Crippen LogP) is 2.75. The maximum atomic E-state index is 9.96. The van der Waals surface area contributed by atoms with Crippen LogP contribution in [0.3, 0.4) is 0 Å². The summed E-state index contributed by atoms with van der Waals surface area (Å²) >= 11 is 0. The first-order valence-corrected chi connectivity index (χ1v) is 5.23. The van der Waals surface area contributed by atoms with Crippen molar-refractivity contribution in [3.05, 3.63) is 11.6 Å². The van der Waals surface area contributed by atoms with Gasteiger partial charge in [-0.2, -0.15) is 0 Å². The van der Waals surface area contributed by atoms with Crippen molar-refractivity contribution in [3.8, 4) is 0 Å². The van der Waals surface area contributed by atoms with Crippen LogP contribution in [0.15, 0.2) is 11.6 Å². The van der Waals surface area contributed by atoms with Gasteiger partial charge in [-0.05, 0) is 31.1 Å². The molecule has 74 valence electrons. The van der Waals surface area contributed by atoms with E-state index in [1.54, 1.807) is 0 Å². The maximum absolute atomic E-state index is 9.96. The summed E-state index contributed by atoms with van der Waals surface area (Å²) in [5, 5.41) is 9.96. The van der Waals surface area contributed by atoms with Gasteiger partial charge in [-0.15, -0.1) is 0 Å². The van der Waals surface area contributed by atoms with Gasteiger partial charge in [0.2, 0.25) is 0 Å². The van der Waals surface area contributed by atoms with E-state index in [0.29, 0.717) is 11.3 Å². The number of aliphatic hydroxyl groups is 1. The van der Waals surface area contributed by atoms with Crippen molar-refractivity contribution in [2.75, 3.05) is 0 Å². The van der Waals surface area contributed by atoms with Gasteiger partial charge in [0.1, 0.15) is 0 Å². The van der Waals surface area contributed by atoms with Crippen molar-refractivity contribution in [2.45, 2.75) is 46.6 Å². The maximum Gasteiger partial charge on any atom is 0.0634 e. The van der Waals surface area contributed by atoms with Gasteiger partial charge in [-0.1, -0.05) is 32.4 Å². The van der Waals surface area contributed by atoms with E-state index in [2.05, 4.69) is 33.8 Å². The van der Waals surface area contributed by atoms with Crippen molar-refractivity contribution in [2.24, 2.45) is 16.7 Å². The van der Waals surface area contributed by atoms with Gasteiger partial charge in [0.15, 0.2) is 0 Å². The predicted molar refractivity (Wildman–Crippen MR) is 54.4 cm³/mol. The van der Waals surface area contributed by atoms with Crippen molar-refractivity contribution in [3.63, 3.8) is 0 Å². The molecule has 3 aliphatic carbocycles. The van der Waals surface area contributed by atoms with Crippen molar-refractivity contribution in [1.82, 2.24) is 0 Å². The quantitative estimate of drug-likeness (QED) is 0.568. The van der Waals surface area contributed by atoms with Crippen LogP contribution in [0.1, 0.15) is 40.5 Å². The summed E-state index contributed by atoms with van der Waals surface area (Å²) in [4.78, 5) is 0. The lowest BCUT2D eigenvalue weighted by molar-refractivity contribution is -0.0554. The number of aliphatic hydroxyl groups excluding tert-OH is 1. The number of hydrogen-bond acceptors (Lipinski definition) is 1. The van der Waals surface area contributed by atoms with E-state index >= 15 is 0 Å². The van der Waals surface area contributed by atoms with Gasteiger partial charge in [-0.25, -0.2) is 0 Å². The first-order chi connectivity index (χ1) is 5.85. The summed E-state index contributed by atoms with van der Waals surface area (Å²) in [5.74, 6) is 0.601. The third kappa shape index (κ3) is 1.17. The normalized spacial score (nSPS) is 47.6. The van der Waals surface area contributed by atoms with Gasteiger partial charge in [0, 0.05) is 5.41 Å². The Balaban J connectivity index is 2.45. The molecule has 1 nitrogen and oxygen atoms in total. The molecule has 1 heteroatoms. The molecule has 3 atom stereocenters. The van der Waals surface area contributed by atoms with Crippen LogP contribution < -0.4 is 0 Å². The van der Waals surface area contributed by atoms with Gasteiger partial charge >= 0.3 is 0 Å². The Kier molecular flexibility index (Phi) is 1.70. The third-order valence-electron chi connectivity index (χ3n) is 4.11. The molecule has 0 aromatic rings. The molecule has 0 saturated heterocycles. The summed E-state index contributed by atoms with van der Waals surface area (Å²) in [5.41, 5.74) is 1.92. The van der Waals surface area contributed by atoms with Crippen LogP contribution in [0, 0.1) is 16.7 Å². The molecule has 0 heterocycles. The summed E-state index contributed by atoms with van der Waals surface area (Å²) < 4.78 is 0. The Labute approximate surface area is 80.8 Å². The first-order valence-electron chi connectivity index (χ1n) is 5.23. The zero-order valence-electron chi connectivity index (χ0n) is 9.09. The van der Waals surface area contributed by atoms with Crippen molar-refractivity contribution >= 4 is 0 Å². The highest BCUT2D eigenvalue weighted by Crippen LogP contribution is 2.57. The van der Waals surface area contributed by atoms with Crippen LogP contribution in [0.2, 0.25) is 0 Å².